The molecule has 1 aromatic heterocycles. The number of carbonyl (C=O) groups is 2. The van der Waals surface area contributed by atoms with Crippen molar-refractivity contribution in [2.24, 2.45) is 5.92 Å². The summed E-state index contributed by atoms with van der Waals surface area (Å²) in [6.45, 7) is 4.17. The van der Waals surface area contributed by atoms with Crippen molar-refractivity contribution in [1.29, 1.82) is 0 Å². The molecule has 0 bridgehead atoms. The van der Waals surface area contributed by atoms with Gasteiger partial charge < -0.3 is 20.1 Å². The molecule has 2 amide bonds. The minimum Gasteiger partial charge on any atom is -0.445 e. The number of nitrogens with one attached hydrogen (secondary N) is 2. The lowest BCUT2D eigenvalue weighted by atomic mass is 10.00. The highest BCUT2D eigenvalue weighted by atomic mass is 32.2. The van der Waals surface area contributed by atoms with E-state index in [4.69, 9.17) is 4.74 Å². The molecule has 3 aromatic rings. The number of nitrogens with zero attached hydrogens (tertiary/aromatic N) is 2. The van der Waals surface area contributed by atoms with E-state index in [9.17, 15) is 23.1 Å². The van der Waals surface area contributed by atoms with E-state index in [0.717, 1.165) is 5.56 Å². The van der Waals surface area contributed by atoms with Crippen LogP contribution in [0, 0.1) is 5.92 Å². The lowest BCUT2D eigenvalue weighted by Gasteiger charge is -2.36. The van der Waals surface area contributed by atoms with Gasteiger partial charge in [0.1, 0.15) is 17.5 Å². The number of hydrogen-bond acceptors (Lipinski definition) is 7. The van der Waals surface area contributed by atoms with Crippen molar-refractivity contribution in [1.82, 2.24) is 19.9 Å². The molecule has 3 atom stereocenters. The van der Waals surface area contributed by atoms with Crippen molar-refractivity contribution in [2.45, 2.75) is 56.4 Å². The Labute approximate surface area is 228 Å². The zero-order valence-corrected chi connectivity index (χ0v) is 22.8. The van der Waals surface area contributed by atoms with Gasteiger partial charge in [-0.1, -0.05) is 62.4 Å². The summed E-state index contributed by atoms with van der Waals surface area (Å²) in [6, 6.07) is 15.9. The summed E-state index contributed by atoms with van der Waals surface area (Å²) in [5.74, 6) is -0.523. The molecule has 2 heterocycles. The summed E-state index contributed by atoms with van der Waals surface area (Å²) in [6.07, 6.45) is 0.485. The average Bonchev–Trinajstić information content (AvgIpc) is 2.92. The monoisotopic (exact) mass is 554 g/mol. The first-order valence-electron chi connectivity index (χ1n) is 12.9. The fourth-order valence-electron chi connectivity index (χ4n) is 4.58. The molecule has 1 saturated heterocycles. The summed E-state index contributed by atoms with van der Waals surface area (Å²) in [5, 5.41) is 14.2. The zero-order valence-electron chi connectivity index (χ0n) is 22.0. The SMILES string of the molecule is CC(C)C[C@H](NS(=O)(=O)c1cccc2cccnc12)C(=O)NC1CCN(C(=O)OCc2ccccc2)CC1O. The number of rotatable bonds is 9. The first-order chi connectivity index (χ1) is 18.6. The van der Waals surface area contributed by atoms with E-state index in [-0.39, 0.29) is 36.9 Å². The van der Waals surface area contributed by atoms with Crippen LogP contribution in [0.1, 0.15) is 32.3 Å². The number of ether oxygens (including phenoxy) is 1. The molecule has 3 N–H and O–H groups in total. The second-order valence-corrected chi connectivity index (χ2v) is 11.8. The molecule has 1 fully saturated rings. The van der Waals surface area contributed by atoms with E-state index in [1.54, 1.807) is 24.3 Å². The number of pyridine rings is 1. The van der Waals surface area contributed by atoms with Gasteiger partial charge in [0, 0.05) is 18.1 Å². The van der Waals surface area contributed by atoms with Crippen LogP contribution in [0.4, 0.5) is 4.79 Å². The van der Waals surface area contributed by atoms with Crippen molar-refractivity contribution in [3.63, 3.8) is 0 Å². The Hall–Kier alpha value is -3.54. The average molecular weight is 555 g/mol. The highest BCUT2D eigenvalue weighted by Gasteiger charge is 2.35. The van der Waals surface area contributed by atoms with Crippen molar-refractivity contribution in [2.75, 3.05) is 13.1 Å². The number of amides is 2. The molecule has 11 heteroatoms. The Morgan fingerprint density at radius 2 is 1.85 bits per heavy atom. The molecule has 0 radical (unpaired) electrons. The van der Waals surface area contributed by atoms with Gasteiger partial charge in [-0.3, -0.25) is 9.78 Å². The molecule has 0 aliphatic carbocycles. The van der Waals surface area contributed by atoms with Gasteiger partial charge in [0.15, 0.2) is 0 Å². The number of aliphatic hydroxyl groups excluding tert-OH is 1. The maximum atomic E-state index is 13.3. The molecular formula is C28H34N4O6S. The predicted octanol–water partition coefficient (Wildman–Crippen LogP) is 2.82. The van der Waals surface area contributed by atoms with Gasteiger partial charge in [-0.2, -0.15) is 4.72 Å². The molecule has 0 spiro atoms. The summed E-state index contributed by atoms with van der Waals surface area (Å²) in [7, 11) is -4.09. The number of sulfonamides is 1. The van der Waals surface area contributed by atoms with Crippen LogP contribution in [0.5, 0.6) is 0 Å². The van der Waals surface area contributed by atoms with Crippen LogP contribution in [0.3, 0.4) is 0 Å². The predicted molar refractivity (Wildman–Crippen MR) is 146 cm³/mol. The fraction of sp³-hybridized carbons (Fsp3) is 0.393. The lowest BCUT2D eigenvalue weighted by molar-refractivity contribution is -0.125. The Balaban J connectivity index is 1.39. The third-order valence-corrected chi connectivity index (χ3v) is 8.08. The number of benzene rings is 2. The summed E-state index contributed by atoms with van der Waals surface area (Å²) >= 11 is 0. The summed E-state index contributed by atoms with van der Waals surface area (Å²) < 4.78 is 34.6. The normalized spacial score (nSPS) is 18.6. The van der Waals surface area contributed by atoms with Gasteiger partial charge in [0.25, 0.3) is 0 Å². The molecule has 2 aromatic carbocycles. The number of likely N-dealkylation sites (tertiary alicyclic amines) is 1. The van der Waals surface area contributed by atoms with Crippen molar-refractivity contribution < 1.29 is 27.9 Å². The molecule has 4 rings (SSSR count). The molecule has 2 unspecified atom stereocenters. The first kappa shape index (κ1) is 28.5. The van der Waals surface area contributed by atoms with Crippen LogP contribution < -0.4 is 10.0 Å². The number of aliphatic hydroxyl groups is 1. The van der Waals surface area contributed by atoms with E-state index in [0.29, 0.717) is 17.3 Å². The number of aromatic nitrogens is 1. The number of carbonyl (C=O) groups excluding carboxylic acids is 2. The van der Waals surface area contributed by atoms with Crippen LogP contribution in [-0.4, -0.2) is 66.7 Å². The number of β-amino-alcohol motifs (C(OH)–C–C–N with tert-alkyl or cyclic N) is 1. The van der Waals surface area contributed by atoms with Crippen LogP contribution >= 0.6 is 0 Å². The topological polar surface area (TPSA) is 138 Å². The van der Waals surface area contributed by atoms with Gasteiger partial charge in [-0.05, 0) is 36.5 Å². The number of fused-ring (bicyclic) bond motifs is 1. The number of piperidine rings is 1. The van der Waals surface area contributed by atoms with Crippen molar-refractivity contribution in [3.8, 4) is 0 Å². The van der Waals surface area contributed by atoms with Crippen LogP contribution in [0.15, 0.2) is 71.8 Å². The van der Waals surface area contributed by atoms with Crippen LogP contribution in [0.25, 0.3) is 10.9 Å². The number of hydrogen-bond donors (Lipinski definition) is 3. The quantitative estimate of drug-likeness (QED) is 0.370. The Bertz CT molecular complexity index is 1390. The van der Waals surface area contributed by atoms with Gasteiger partial charge in [-0.15, -0.1) is 0 Å². The van der Waals surface area contributed by atoms with E-state index >= 15 is 0 Å². The molecule has 1 aliphatic rings. The molecule has 10 nitrogen and oxygen atoms in total. The molecule has 39 heavy (non-hydrogen) atoms. The first-order valence-corrected chi connectivity index (χ1v) is 14.4. The Morgan fingerprint density at radius 1 is 1.10 bits per heavy atom. The fourth-order valence-corrected chi connectivity index (χ4v) is 5.97. The zero-order chi connectivity index (χ0) is 28.0. The van der Waals surface area contributed by atoms with Gasteiger partial charge in [-0.25, -0.2) is 13.2 Å². The van der Waals surface area contributed by atoms with Crippen LogP contribution in [-0.2, 0) is 26.2 Å². The molecule has 0 saturated carbocycles. The van der Waals surface area contributed by atoms with Crippen molar-refractivity contribution >= 4 is 32.9 Å². The number of para-hydroxylation sites is 1. The molecule has 1 aliphatic heterocycles. The van der Waals surface area contributed by atoms with Crippen LogP contribution in [0.2, 0.25) is 0 Å². The minimum atomic E-state index is -4.09. The van der Waals surface area contributed by atoms with E-state index in [1.165, 1.54) is 17.2 Å². The van der Waals surface area contributed by atoms with E-state index in [2.05, 4.69) is 15.0 Å². The minimum absolute atomic E-state index is 0.00971. The van der Waals surface area contributed by atoms with Gasteiger partial charge >= 0.3 is 6.09 Å². The second kappa shape index (κ2) is 12.5. The molecular weight excluding hydrogens is 520 g/mol. The second-order valence-electron chi connectivity index (χ2n) is 10.1. The smallest absolute Gasteiger partial charge is 0.410 e. The summed E-state index contributed by atoms with van der Waals surface area (Å²) in [4.78, 5) is 31.4. The lowest BCUT2D eigenvalue weighted by Crippen LogP contribution is -2.58. The Morgan fingerprint density at radius 3 is 2.56 bits per heavy atom. The third kappa shape index (κ3) is 7.31. The Kier molecular flexibility index (Phi) is 9.16. The van der Waals surface area contributed by atoms with Gasteiger partial charge in [0.05, 0.1) is 24.2 Å². The largest absolute Gasteiger partial charge is 0.445 e. The highest BCUT2D eigenvalue weighted by Crippen LogP contribution is 2.22. The van der Waals surface area contributed by atoms with E-state index in [1.807, 2.05) is 44.2 Å². The maximum Gasteiger partial charge on any atom is 0.410 e. The standard InChI is InChI=1S/C28H34N4O6S/c1-19(2)16-23(31-39(36,37)25-12-6-10-21-11-7-14-29-26(21)25)27(34)30-22-13-15-32(17-24(22)33)28(35)38-18-20-8-4-3-5-9-20/h3-12,14,19,22-24,31,33H,13,15-18H2,1-2H3,(H,30,34)/t22?,23-,24?/m0/s1. The molecule has 208 valence electrons. The van der Waals surface area contributed by atoms with Gasteiger partial charge in [0.2, 0.25) is 15.9 Å². The van der Waals surface area contributed by atoms with Crippen molar-refractivity contribution in [3.05, 3.63) is 72.4 Å². The highest BCUT2D eigenvalue weighted by molar-refractivity contribution is 7.89. The maximum absolute atomic E-state index is 13.3. The third-order valence-electron chi connectivity index (χ3n) is 6.58. The van der Waals surface area contributed by atoms with E-state index < -0.39 is 40.2 Å². The summed E-state index contributed by atoms with van der Waals surface area (Å²) in [5.41, 5.74) is 1.17.